The Morgan fingerprint density at radius 3 is 2.30 bits per heavy atom. The molecule has 6 nitrogen and oxygen atoms in total. The van der Waals surface area contributed by atoms with Gasteiger partial charge in [0.1, 0.15) is 0 Å². The summed E-state index contributed by atoms with van der Waals surface area (Å²) >= 11 is 0. The van der Waals surface area contributed by atoms with Gasteiger partial charge in [0, 0.05) is 23.7 Å². The van der Waals surface area contributed by atoms with E-state index in [4.69, 9.17) is 9.47 Å². The molecule has 0 aliphatic carbocycles. The topological polar surface area (TPSA) is 69.6 Å². The predicted molar refractivity (Wildman–Crippen MR) is 155 cm³/mol. The third-order valence-corrected chi connectivity index (χ3v) is 7.40. The number of fused-ring (bicyclic) bond motifs is 1. The number of hydrogen-bond donors (Lipinski definition) is 1. The molecule has 1 aromatic heterocycles. The van der Waals surface area contributed by atoms with Crippen molar-refractivity contribution in [2.45, 2.75) is 32.1 Å². The number of carbonyl (C=O) groups excluding carboxylic acids is 2. The fourth-order valence-electron chi connectivity index (χ4n) is 5.18. The van der Waals surface area contributed by atoms with Crippen molar-refractivity contribution in [1.29, 1.82) is 0 Å². The number of rotatable bonds is 7. The number of nitrogens with one attached hydrogen (secondary N) is 1. The predicted octanol–water partition coefficient (Wildman–Crippen LogP) is 6.59. The van der Waals surface area contributed by atoms with Crippen LogP contribution in [0, 0.1) is 6.92 Å². The molecule has 1 N–H and O–H groups in total. The maximum absolute atomic E-state index is 13.1. The van der Waals surface area contributed by atoms with Crippen molar-refractivity contribution in [3.63, 3.8) is 0 Å². The molecule has 2 heterocycles. The molecular weight excluding hydrogens is 500 g/mol. The lowest BCUT2D eigenvalue weighted by Crippen LogP contribution is -2.51. The van der Waals surface area contributed by atoms with E-state index in [9.17, 15) is 9.59 Å². The summed E-state index contributed by atoms with van der Waals surface area (Å²) in [4.78, 5) is 25.9. The van der Waals surface area contributed by atoms with Gasteiger partial charge in [0.25, 0.3) is 0 Å². The van der Waals surface area contributed by atoms with Gasteiger partial charge >= 0.3 is 11.9 Å². The summed E-state index contributed by atoms with van der Waals surface area (Å²) in [6.07, 6.45) is 3.28. The Balaban J connectivity index is 1.12. The van der Waals surface area contributed by atoms with Crippen molar-refractivity contribution >= 4 is 22.8 Å². The van der Waals surface area contributed by atoms with Gasteiger partial charge in [-0.05, 0) is 79.0 Å². The lowest BCUT2D eigenvalue weighted by atomic mass is 10.0. The molecule has 1 saturated heterocycles. The van der Waals surface area contributed by atoms with Crippen LogP contribution in [0.4, 0.5) is 0 Å². The first-order valence-corrected chi connectivity index (χ1v) is 13.5. The van der Waals surface area contributed by atoms with Gasteiger partial charge in [0.2, 0.25) is 5.72 Å². The average molecular weight is 531 g/mol. The second-order valence-electron chi connectivity index (χ2n) is 10.2. The molecule has 1 aliphatic rings. The summed E-state index contributed by atoms with van der Waals surface area (Å²) in [7, 11) is 0. The van der Waals surface area contributed by atoms with E-state index in [1.54, 1.807) is 12.1 Å². The van der Waals surface area contributed by atoms with Crippen molar-refractivity contribution < 1.29 is 19.1 Å². The van der Waals surface area contributed by atoms with E-state index in [2.05, 4.69) is 71.5 Å². The van der Waals surface area contributed by atoms with Gasteiger partial charge in [-0.2, -0.15) is 0 Å². The Morgan fingerprint density at radius 1 is 0.875 bits per heavy atom. The van der Waals surface area contributed by atoms with Gasteiger partial charge in [-0.1, -0.05) is 66.2 Å². The molecule has 1 atom stereocenters. The van der Waals surface area contributed by atoms with Gasteiger partial charge in [-0.3, -0.25) is 5.32 Å². The molecule has 40 heavy (non-hydrogen) atoms. The summed E-state index contributed by atoms with van der Waals surface area (Å²) in [6, 6.07) is 33.5. The van der Waals surface area contributed by atoms with E-state index in [0.717, 1.165) is 34.3 Å². The number of aryl methyl sites for hydroxylation is 1. The van der Waals surface area contributed by atoms with Crippen LogP contribution >= 0.6 is 0 Å². The number of benzene rings is 4. The third-order valence-electron chi connectivity index (χ3n) is 7.40. The molecule has 5 aromatic rings. The van der Waals surface area contributed by atoms with Crippen LogP contribution in [0.3, 0.4) is 0 Å². The fraction of sp³-hybridized carbons (Fsp3) is 0.176. The minimum absolute atomic E-state index is 0.241. The first-order valence-electron chi connectivity index (χ1n) is 13.5. The summed E-state index contributed by atoms with van der Waals surface area (Å²) < 4.78 is 13.4. The minimum Gasteiger partial charge on any atom is -0.386 e. The standard InChI is InChI=1S/C34H30N2O4/c1-24-8-17-31-29(22-24)18-21-36(31)30-15-13-27(14-16-30)26-9-11-28(12-10-26)32(37)40-33(38)34(19-5-20-35-34)39-23-25-6-3-2-4-7-25/h2-4,6-18,21-22,35H,5,19-20,23H2,1H3/t34-/m1/s1. The average Bonchev–Trinajstić information content (AvgIpc) is 3.65. The van der Waals surface area contributed by atoms with Crippen LogP contribution in [0.5, 0.6) is 0 Å². The van der Waals surface area contributed by atoms with E-state index >= 15 is 0 Å². The maximum Gasteiger partial charge on any atom is 0.361 e. The Bertz CT molecular complexity index is 1650. The molecule has 200 valence electrons. The number of carbonyl (C=O) groups is 2. The van der Waals surface area contributed by atoms with Gasteiger partial charge in [0.05, 0.1) is 17.7 Å². The Labute approximate surface area is 233 Å². The second-order valence-corrected chi connectivity index (χ2v) is 10.2. The number of nitrogens with zero attached hydrogens (tertiary/aromatic N) is 1. The van der Waals surface area contributed by atoms with Crippen LogP contribution in [0.15, 0.2) is 109 Å². The highest BCUT2D eigenvalue weighted by atomic mass is 16.6. The van der Waals surface area contributed by atoms with Crippen molar-refractivity contribution in [1.82, 2.24) is 9.88 Å². The Kier molecular flexibility index (Phi) is 7.03. The van der Waals surface area contributed by atoms with E-state index in [0.29, 0.717) is 18.5 Å². The summed E-state index contributed by atoms with van der Waals surface area (Å²) in [5.74, 6) is -1.41. The molecule has 0 bridgehead atoms. The van der Waals surface area contributed by atoms with Gasteiger partial charge in [-0.25, -0.2) is 9.59 Å². The van der Waals surface area contributed by atoms with Crippen LogP contribution in [0.25, 0.3) is 27.7 Å². The summed E-state index contributed by atoms with van der Waals surface area (Å²) in [6.45, 7) is 2.95. The van der Waals surface area contributed by atoms with Crippen LogP contribution in [-0.2, 0) is 20.9 Å². The van der Waals surface area contributed by atoms with Crippen LogP contribution in [0.1, 0.15) is 34.3 Å². The molecule has 0 spiro atoms. The minimum atomic E-state index is -1.32. The molecule has 4 aromatic carbocycles. The highest BCUT2D eigenvalue weighted by molar-refractivity contribution is 5.99. The van der Waals surface area contributed by atoms with Crippen molar-refractivity contribution in [3.05, 3.63) is 126 Å². The molecule has 1 fully saturated rings. The largest absolute Gasteiger partial charge is 0.386 e. The number of ether oxygens (including phenoxy) is 2. The molecule has 6 rings (SSSR count). The molecule has 0 saturated carbocycles. The smallest absolute Gasteiger partial charge is 0.361 e. The number of esters is 2. The number of hydrogen-bond acceptors (Lipinski definition) is 5. The highest BCUT2D eigenvalue weighted by Crippen LogP contribution is 2.27. The van der Waals surface area contributed by atoms with E-state index in [1.165, 1.54) is 10.9 Å². The zero-order chi connectivity index (χ0) is 27.5. The third kappa shape index (κ3) is 5.19. The lowest BCUT2D eigenvalue weighted by molar-refractivity contribution is -0.171. The van der Waals surface area contributed by atoms with E-state index in [-0.39, 0.29) is 6.61 Å². The molecule has 0 radical (unpaired) electrons. The van der Waals surface area contributed by atoms with E-state index < -0.39 is 17.7 Å². The van der Waals surface area contributed by atoms with Crippen LogP contribution in [-0.4, -0.2) is 28.8 Å². The van der Waals surface area contributed by atoms with Crippen LogP contribution in [0.2, 0.25) is 0 Å². The second kappa shape index (κ2) is 10.9. The molecule has 6 heteroatoms. The fourth-order valence-corrected chi connectivity index (χ4v) is 5.18. The highest BCUT2D eigenvalue weighted by Gasteiger charge is 2.45. The normalized spacial score (nSPS) is 16.7. The summed E-state index contributed by atoms with van der Waals surface area (Å²) in [5.41, 5.74) is 5.38. The molecule has 1 aliphatic heterocycles. The molecular formula is C34H30N2O4. The quantitative estimate of drug-likeness (QED) is 0.190. The van der Waals surface area contributed by atoms with E-state index in [1.807, 2.05) is 42.5 Å². The maximum atomic E-state index is 13.1. The first kappa shape index (κ1) is 25.7. The molecule has 0 amide bonds. The SMILES string of the molecule is Cc1ccc2c(ccn2-c2ccc(-c3ccc(C(=O)OC(=O)[C@]4(OCc5ccccc5)CCCN4)cc3)cc2)c1. The summed E-state index contributed by atoms with van der Waals surface area (Å²) in [5, 5.41) is 4.31. The van der Waals surface area contributed by atoms with Gasteiger partial charge in [-0.15, -0.1) is 0 Å². The van der Waals surface area contributed by atoms with Gasteiger partial charge < -0.3 is 14.0 Å². The zero-order valence-electron chi connectivity index (χ0n) is 22.3. The molecule has 0 unspecified atom stereocenters. The van der Waals surface area contributed by atoms with Gasteiger partial charge in [0.15, 0.2) is 0 Å². The first-order chi connectivity index (χ1) is 19.5. The van der Waals surface area contributed by atoms with Crippen LogP contribution < -0.4 is 5.32 Å². The number of aromatic nitrogens is 1. The Hall–Kier alpha value is -4.52. The monoisotopic (exact) mass is 530 g/mol. The van der Waals surface area contributed by atoms with Crippen molar-refractivity contribution in [2.24, 2.45) is 0 Å². The van der Waals surface area contributed by atoms with Crippen molar-refractivity contribution in [2.75, 3.05) is 6.54 Å². The zero-order valence-corrected chi connectivity index (χ0v) is 22.3. The lowest BCUT2D eigenvalue weighted by Gasteiger charge is -2.26. The van der Waals surface area contributed by atoms with Crippen molar-refractivity contribution in [3.8, 4) is 16.8 Å². The Morgan fingerprint density at radius 2 is 1.60 bits per heavy atom.